The summed E-state index contributed by atoms with van der Waals surface area (Å²) in [6.45, 7) is 4.16. The lowest BCUT2D eigenvalue weighted by molar-refractivity contribution is -0.111. The maximum Gasteiger partial charge on any atom is 0.248 e. The molecular formula is C26H20Cl2FNO3. The molecular weight excluding hydrogens is 464 g/mol. The molecule has 4 rings (SSSR count). The number of fused-ring (bicyclic) bond motifs is 1. The third-order valence-electron chi connectivity index (χ3n) is 5.08. The number of ether oxygens (including phenoxy) is 1. The van der Waals surface area contributed by atoms with Gasteiger partial charge in [0.2, 0.25) is 5.91 Å². The molecule has 1 amide bonds. The number of amides is 1. The summed E-state index contributed by atoms with van der Waals surface area (Å²) in [5, 5.41) is 4.61. The molecule has 1 N–H and O–H groups in total. The topological polar surface area (TPSA) is 51.5 Å². The van der Waals surface area contributed by atoms with Crippen molar-refractivity contribution in [2.45, 2.75) is 13.8 Å². The van der Waals surface area contributed by atoms with E-state index in [1.54, 1.807) is 24.5 Å². The fraction of sp³-hybridized carbons (Fsp3) is 0.115. The van der Waals surface area contributed by atoms with E-state index in [1.807, 2.05) is 26.0 Å². The van der Waals surface area contributed by atoms with E-state index in [9.17, 15) is 9.18 Å². The molecule has 0 aliphatic heterocycles. The predicted molar refractivity (Wildman–Crippen MR) is 132 cm³/mol. The largest absolute Gasteiger partial charge is 0.493 e. The highest BCUT2D eigenvalue weighted by Crippen LogP contribution is 2.40. The molecule has 0 saturated heterocycles. The van der Waals surface area contributed by atoms with Gasteiger partial charge in [0.05, 0.1) is 17.9 Å². The number of carbonyl (C=O) groups excluding carboxylic acids is 1. The first-order valence-corrected chi connectivity index (χ1v) is 11.0. The normalized spacial score (nSPS) is 11.6. The van der Waals surface area contributed by atoms with Gasteiger partial charge >= 0.3 is 0 Å². The van der Waals surface area contributed by atoms with Gasteiger partial charge in [0.25, 0.3) is 0 Å². The number of benzene rings is 3. The van der Waals surface area contributed by atoms with Crippen molar-refractivity contribution in [3.05, 3.63) is 88.4 Å². The van der Waals surface area contributed by atoms with Crippen molar-refractivity contribution >= 4 is 51.3 Å². The minimum atomic E-state index is -0.369. The van der Waals surface area contributed by atoms with Crippen LogP contribution in [-0.4, -0.2) is 12.5 Å². The standard InChI is InChI=1S/C26H20Cl2FNO3/c1-3-32-24-13-25-21(22(14-33-25)19-9-4-16(27)11-23(19)28)12-20(24)15(2)10-26(31)30-18-7-5-17(29)6-8-18/h4-14H,3H2,1-2H3,(H,30,31)/b15-10+. The van der Waals surface area contributed by atoms with Crippen LogP contribution in [0.15, 0.2) is 71.4 Å². The number of hydrogen-bond donors (Lipinski definition) is 1. The SMILES string of the molecule is CCOc1cc2occ(-c3ccc(Cl)cc3Cl)c2cc1/C(C)=C/C(=O)Nc1ccc(F)cc1. The molecule has 0 aliphatic carbocycles. The molecule has 168 valence electrons. The van der Waals surface area contributed by atoms with E-state index >= 15 is 0 Å². The zero-order valence-corrected chi connectivity index (χ0v) is 19.4. The molecule has 3 aromatic carbocycles. The van der Waals surface area contributed by atoms with Crippen LogP contribution in [0.3, 0.4) is 0 Å². The first-order valence-electron chi connectivity index (χ1n) is 10.2. The van der Waals surface area contributed by atoms with E-state index < -0.39 is 0 Å². The average Bonchev–Trinajstić information content (AvgIpc) is 3.17. The number of nitrogens with one attached hydrogen (secondary N) is 1. The molecule has 0 atom stereocenters. The Balaban J connectivity index is 1.74. The summed E-state index contributed by atoms with van der Waals surface area (Å²) in [6.07, 6.45) is 3.11. The molecule has 0 radical (unpaired) electrons. The lowest BCUT2D eigenvalue weighted by Crippen LogP contribution is -2.08. The molecule has 7 heteroatoms. The summed E-state index contributed by atoms with van der Waals surface area (Å²) in [4.78, 5) is 12.6. The number of anilines is 1. The van der Waals surface area contributed by atoms with Gasteiger partial charge < -0.3 is 14.5 Å². The summed E-state index contributed by atoms with van der Waals surface area (Å²) >= 11 is 12.5. The van der Waals surface area contributed by atoms with Crippen LogP contribution in [0.25, 0.3) is 27.7 Å². The van der Waals surface area contributed by atoms with Gasteiger partial charge in [-0.1, -0.05) is 29.3 Å². The molecule has 0 bridgehead atoms. The van der Waals surface area contributed by atoms with Crippen LogP contribution >= 0.6 is 23.2 Å². The lowest BCUT2D eigenvalue weighted by Gasteiger charge is -2.12. The maximum atomic E-state index is 13.1. The Morgan fingerprint density at radius 1 is 1.09 bits per heavy atom. The van der Waals surface area contributed by atoms with Gasteiger partial charge in [-0.25, -0.2) is 4.39 Å². The highest BCUT2D eigenvalue weighted by Gasteiger charge is 2.17. The molecule has 0 unspecified atom stereocenters. The van der Waals surface area contributed by atoms with Gasteiger partial charge in [-0.05, 0) is 61.9 Å². The highest BCUT2D eigenvalue weighted by atomic mass is 35.5. The second kappa shape index (κ2) is 9.69. The molecule has 0 aliphatic rings. The van der Waals surface area contributed by atoms with Gasteiger partial charge in [-0.3, -0.25) is 4.79 Å². The van der Waals surface area contributed by atoms with E-state index in [1.165, 1.54) is 30.3 Å². The molecule has 0 spiro atoms. The Hall–Kier alpha value is -3.28. The van der Waals surface area contributed by atoms with E-state index in [-0.39, 0.29) is 11.7 Å². The minimum absolute atomic E-state index is 0.338. The van der Waals surface area contributed by atoms with Crippen molar-refractivity contribution in [3.8, 4) is 16.9 Å². The van der Waals surface area contributed by atoms with E-state index in [4.69, 9.17) is 32.4 Å². The van der Waals surface area contributed by atoms with Crippen LogP contribution in [0.4, 0.5) is 10.1 Å². The smallest absolute Gasteiger partial charge is 0.248 e. The number of rotatable bonds is 6. The van der Waals surface area contributed by atoms with Gasteiger partial charge in [-0.15, -0.1) is 0 Å². The Labute approximate surface area is 200 Å². The average molecular weight is 484 g/mol. The zero-order valence-electron chi connectivity index (χ0n) is 17.9. The van der Waals surface area contributed by atoms with Crippen LogP contribution in [0.2, 0.25) is 10.0 Å². The van der Waals surface area contributed by atoms with E-state index in [0.717, 1.165) is 22.1 Å². The van der Waals surface area contributed by atoms with Crippen molar-refractivity contribution in [2.24, 2.45) is 0 Å². The highest BCUT2D eigenvalue weighted by molar-refractivity contribution is 6.36. The van der Waals surface area contributed by atoms with E-state index in [2.05, 4.69) is 5.32 Å². The van der Waals surface area contributed by atoms with Gasteiger partial charge in [0.15, 0.2) is 0 Å². The maximum absolute atomic E-state index is 13.1. The van der Waals surface area contributed by atoms with Crippen LogP contribution in [0, 0.1) is 5.82 Å². The summed E-state index contributed by atoms with van der Waals surface area (Å²) in [6, 6.07) is 14.6. The predicted octanol–water partition coefficient (Wildman–Crippen LogP) is 7.99. The number of hydrogen-bond acceptors (Lipinski definition) is 3. The molecule has 0 saturated carbocycles. The third kappa shape index (κ3) is 5.05. The summed E-state index contributed by atoms with van der Waals surface area (Å²) in [5.74, 6) is -0.114. The Morgan fingerprint density at radius 2 is 1.85 bits per heavy atom. The van der Waals surface area contributed by atoms with Crippen molar-refractivity contribution in [2.75, 3.05) is 11.9 Å². The van der Waals surface area contributed by atoms with E-state index in [0.29, 0.717) is 39.2 Å². The first-order chi connectivity index (χ1) is 15.9. The number of furan rings is 1. The molecule has 33 heavy (non-hydrogen) atoms. The van der Waals surface area contributed by atoms with Gasteiger partial charge in [-0.2, -0.15) is 0 Å². The molecule has 0 fully saturated rings. The number of allylic oxidation sites excluding steroid dienone is 1. The van der Waals surface area contributed by atoms with Crippen LogP contribution in [-0.2, 0) is 4.79 Å². The summed E-state index contributed by atoms with van der Waals surface area (Å²) in [5.41, 5.74) is 4.15. The molecule has 4 nitrogen and oxygen atoms in total. The third-order valence-corrected chi connectivity index (χ3v) is 5.63. The fourth-order valence-corrected chi connectivity index (χ4v) is 4.05. The van der Waals surface area contributed by atoms with Crippen molar-refractivity contribution < 1.29 is 18.3 Å². The Bertz CT molecular complexity index is 1360. The van der Waals surface area contributed by atoms with Crippen LogP contribution < -0.4 is 10.1 Å². The summed E-state index contributed by atoms with van der Waals surface area (Å²) in [7, 11) is 0. The minimum Gasteiger partial charge on any atom is -0.493 e. The number of halogens is 3. The van der Waals surface area contributed by atoms with Gasteiger partial charge in [0.1, 0.15) is 17.1 Å². The summed E-state index contributed by atoms with van der Waals surface area (Å²) < 4.78 is 24.7. The monoisotopic (exact) mass is 483 g/mol. The van der Waals surface area contributed by atoms with Crippen molar-refractivity contribution in [3.63, 3.8) is 0 Å². The lowest BCUT2D eigenvalue weighted by atomic mass is 9.99. The second-order valence-corrected chi connectivity index (χ2v) is 8.22. The van der Waals surface area contributed by atoms with Gasteiger partial charge in [0, 0.05) is 44.9 Å². The van der Waals surface area contributed by atoms with Crippen molar-refractivity contribution in [1.29, 1.82) is 0 Å². The van der Waals surface area contributed by atoms with Crippen LogP contribution in [0.1, 0.15) is 19.4 Å². The van der Waals surface area contributed by atoms with Crippen molar-refractivity contribution in [1.82, 2.24) is 0 Å². The quantitative estimate of drug-likeness (QED) is 0.282. The molecule has 1 heterocycles. The number of carbonyl (C=O) groups is 1. The fourth-order valence-electron chi connectivity index (χ4n) is 3.54. The van der Waals surface area contributed by atoms with Crippen LogP contribution in [0.5, 0.6) is 5.75 Å². The Kier molecular flexibility index (Phi) is 6.72. The second-order valence-electron chi connectivity index (χ2n) is 7.37. The zero-order chi connectivity index (χ0) is 23.5. The molecule has 1 aromatic heterocycles. The molecule has 4 aromatic rings. The Morgan fingerprint density at radius 3 is 2.55 bits per heavy atom. The first kappa shape index (κ1) is 22.9.